The summed E-state index contributed by atoms with van der Waals surface area (Å²) in [6, 6.07) is 5.72. The first kappa shape index (κ1) is 14.3. The predicted molar refractivity (Wildman–Crippen MR) is 83.9 cm³/mol. The van der Waals surface area contributed by atoms with E-state index in [-0.39, 0.29) is 0 Å². The monoisotopic (exact) mass is 305 g/mol. The molecule has 1 aliphatic rings. The Morgan fingerprint density at radius 1 is 1.29 bits per heavy atom. The highest BCUT2D eigenvalue weighted by Crippen LogP contribution is 2.38. The molecule has 0 aliphatic heterocycles. The maximum atomic E-state index is 6.09. The van der Waals surface area contributed by atoms with E-state index in [1.54, 1.807) is 12.1 Å². The lowest BCUT2D eigenvalue weighted by Crippen LogP contribution is -2.26. The standard InChI is InChI=1S/C15H20ClN5/c1-9-3-6-14(10(2)7-9)21-15(18-19-20-21)12-8-11(16)4-5-13(12)17/h4-5,8-10,14H,3,6-7,17H2,1-2H3. The number of hydrogen-bond donors (Lipinski definition) is 1. The van der Waals surface area contributed by atoms with E-state index in [4.69, 9.17) is 17.3 Å². The van der Waals surface area contributed by atoms with Crippen molar-refractivity contribution >= 4 is 17.3 Å². The fraction of sp³-hybridized carbons (Fsp3) is 0.533. The van der Waals surface area contributed by atoms with Crippen molar-refractivity contribution in [3.8, 4) is 11.4 Å². The third kappa shape index (κ3) is 2.75. The number of benzene rings is 1. The summed E-state index contributed by atoms with van der Waals surface area (Å²) < 4.78 is 1.93. The first-order valence-electron chi connectivity index (χ1n) is 7.39. The molecule has 0 spiro atoms. The Morgan fingerprint density at radius 3 is 2.86 bits per heavy atom. The maximum Gasteiger partial charge on any atom is 0.184 e. The van der Waals surface area contributed by atoms with Crippen molar-refractivity contribution in [3.63, 3.8) is 0 Å². The Balaban J connectivity index is 1.99. The summed E-state index contributed by atoms with van der Waals surface area (Å²) in [5.74, 6) is 2.03. The zero-order valence-electron chi connectivity index (χ0n) is 12.3. The predicted octanol–water partition coefficient (Wildman–Crippen LogP) is 3.57. The number of halogens is 1. The van der Waals surface area contributed by atoms with Crippen LogP contribution >= 0.6 is 11.6 Å². The van der Waals surface area contributed by atoms with Crippen molar-refractivity contribution in [2.24, 2.45) is 11.8 Å². The molecule has 2 N–H and O–H groups in total. The first-order chi connectivity index (χ1) is 10.1. The molecule has 1 fully saturated rings. The summed E-state index contributed by atoms with van der Waals surface area (Å²) in [6.45, 7) is 4.58. The van der Waals surface area contributed by atoms with Crippen molar-refractivity contribution in [2.45, 2.75) is 39.2 Å². The van der Waals surface area contributed by atoms with Gasteiger partial charge in [0.2, 0.25) is 0 Å². The van der Waals surface area contributed by atoms with Crippen molar-refractivity contribution in [1.82, 2.24) is 20.2 Å². The van der Waals surface area contributed by atoms with Crippen LogP contribution in [0.3, 0.4) is 0 Å². The smallest absolute Gasteiger partial charge is 0.184 e. The Kier molecular flexibility index (Phi) is 3.85. The van der Waals surface area contributed by atoms with Crippen LogP contribution in [0.5, 0.6) is 0 Å². The van der Waals surface area contributed by atoms with Crippen LogP contribution in [0.1, 0.15) is 39.2 Å². The highest BCUT2D eigenvalue weighted by Gasteiger charge is 2.30. The van der Waals surface area contributed by atoms with Gasteiger partial charge in [-0.2, -0.15) is 0 Å². The zero-order valence-corrected chi connectivity index (χ0v) is 13.1. The van der Waals surface area contributed by atoms with Gasteiger partial charge in [-0.3, -0.25) is 0 Å². The Labute approximate surface area is 129 Å². The van der Waals surface area contributed by atoms with Gasteiger partial charge in [-0.1, -0.05) is 25.4 Å². The molecule has 5 nitrogen and oxygen atoms in total. The number of nitrogen functional groups attached to an aromatic ring is 1. The van der Waals surface area contributed by atoms with Gasteiger partial charge < -0.3 is 5.73 Å². The molecule has 3 rings (SSSR count). The second-order valence-electron chi connectivity index (χ2n) is 6.14. The minimum absolute atomic E-state index is 0.324. The van der Waals surface area contributed by atoms with Gasteiger partial charge in [0.15, 0.2) is 5.82 Å². The topological polar surface area (TPSA) is 69.6 Å². The summed E-state index contributed by atoms with van der Waals surface area (Å²) in [5.41, 5.74) is 7.52. The van der Waals surface area contributed by atoms with E-state index in [0.29, 0.717) is 28.5 Å². The molecule has 1 heterocycles. The van der Waals surface area contributed by atoms with Crippen LogP contribution in [0.25, 0.3) is 11.4 Å². The van der Waals surface area contributed by atoms with Crippen LogP contribution in [-0.4, -0.2) is 20.2 Å². The van der Waals surface area contributed by atoms with E-state index in [9.17, 15) is 0 Å². The highest BCUT2D eigenvalue weighted by atomic mass is 35.5. The highest BCUT2D eigenvalue weighted by molar-refractivity contribution is 6.31. The average molecular weight is 306 g/mol. The van der Waals surface area contributed by atoms with Gasteiger partial charge in [-0.25, -0.2) is 4.68 Å². The minimum Gasteiger partial charge on any atom is -0.398 e. The van der Waals surface area contributed by atoms with E-state index < -0.39 is 0 Å². The van der Waals surface area contributed by atoms with Gasteiger partial charge in [0.05, 0.1) is 6.04 Å². The Hall–Kier alpha value is -1.62. The van der Waals surface area contributed by atoms with Crippen molar-refractivity contribution < 1.29 is 0 Å². The lowest BCUT2D eigenvalue weighted by Gasteiger charge is -2.32. The summed E-state index contributed by atoms with van der Waals surface area (Å²) in [6.07, 6.45) is 3.51. The van der Waals surface area contributed by atoms with Gasteiger partial charge in [0.25, 0.3) is 0 Å². The molecule has 0 saturated heterocycles. The van der Waals surface area contributed by atoms with Gasteiger partial charge >= 0.3 is 0 Å². The number of hydrogen-bond acceptors (Lipinski definition) is 4. The molecule has 3 atom stereocenters. The molecule has 1 aromatic carbocycles. The van der Waals surface area contributed by atoms with E-state index in [0.717, 1.165) is 17.9 Å². The molecular formula is C15H20ClN5. The van der Waals surface area contributed by atoms with E-state index in [1.807, 2.05) is 10.7 Å². The molecule has 21 heavy (non-hydrogen) atoms. The van der Waals surface area contributed by atoms with Crippen molar-refractivity contribution in [2.75, 3.05) is 5.73 Å². The maximum absolute atomic E-state index is 6.09. The number of rotatable bonds is 2. The van der Waals surface area contributed by atoms with Crippen LogP contribution in [0.2, 0.25) is 5.02 Å². The lowest BCUT2D eigenvalue weighted by molar-refractivity contribution is 0.194. The number of anilines is 1. The normalized spacial score (nSPS) is 26.0. The molecule has 1 saturated carbocycles. The summed E-state index contributed by atoms with van der Waals surface area (Å²) in [7, 11) is 0. The number of nitrogens with zero attached hydrogens (tertiary/aromatic N) is 4. The molecule has 6 heteroatoms. The van der Waals surface area contributed by atoms with Crippen LogP contribution in [0.15, 0.2) is 18.2 Å². The molecule has 0 radical (unpaired) electrons. The molecule has 2 aromatic rings. The Morgan fingerprint density at radius 2 is 2.10 bits per heavy atom. The molecular weight excluding hydrogens is 286 g/mol. The quantitative estimate of drug-likeness (QED) is 0.861. The molecule has 1 aromatic heterocycles. The zero-order chi connectivity index (χ0) is 15.0. The third-order valence-corrected chi connectivity index (χ3v) is 4.68. The fourth-order valence-electron chi connectivity index (χ4n) is 3.33. The van der Waals surface area contributed by atoms with Crippen LogP contribution in [0.4, 0.5) is 5.69 Å². The molecule has 112 valence electrons. The molecule has 3 unspecified atom stereocenters. The largest absolute Gasteiger partial charge is 0.398 e. The fourth-order valence-corrected chi connectivity index (χ4v) is 3.50. The van der Waals surface area contributed by atoms with Crippen molar-refractivity contribution in [3.05, 3.63) is 23.2 Å². The van der Waals surface area contributed by atoms with Crippen LogP contribution < -0.4 is 5.73 Å². The third-order valence-electron chi connectivity index (χ3n) is 4.45. The number of aromatic nitrogens is 4. The summed E-state index contributed by atoms with van der Waals surface area (Å²) in [4.78, 5) is 0. The molecule has 1 aliphatic carbocycles. The van der Waals surface area contributed by atoms with Gasteiger partial charge in [0, 0.05) is 16.3 Å². The summed E-state index contributed by atoms with van der Waals surface area (Å²) >= 11 is 6.09. The molecule has 0 amide bonds. The van der Waals surface area contributed by atoms with Gasteiger partial charge in [-0.15, -0.1) is 5.10 Å². The Bertz CT molecular complexity index is 639. The average Bonchev–Trinajstić information content (AvgIpc) is 2.90. The van der Waals surface area contributed by atoms with E-state index in [2.05, 4.69) is 29.4 Å². The number of nitrogens with two attached hydrogens (primary N) is 1. The second kappa shape index (κ2) is 5.64. The summed E-state index contributed by atoms with van der Waals surface area (Å²) in [5, 5.41) is 12.9. The van der Waals surface area contributed by atoms with E-state index in [1.165, 1.54) is 12.8 Å². The first-order valence-corrected chi connectivity index (χ1v) is 7.77. The SMILES string of the molecule is CC1CCC(n2nnnc2-c2cc(Cl)ccc2N)C(C)C1. The minimum atomic E-state index is 0.324. The van der Waals surface area contributed by atoms with Gasteiger partial charge in [0.1, 0.15) is 0 Å². The van der Waals surface area contributed by atoms with Crippen LogP contribution in [0, 0.1) is 11.8 Å². The van der Waals surface area contributed by atoms with Crippen molar-refractivity contribution in [1.29, 1.82) is 0 Å². The lowest BCUT2D eigenvalue weighted by atomic mass is 9.80. The van der Waals surface area contributed by atoms with E-state index >= 15 is 0 Å². The van der Waals surface area contributed by atoms with Crippen LogP contribution in [-0.2, 0) is 0 Å². The number of tetrazole rings is 1. The molecule has 0 bridgehead atoms. The van der Waals surface area contributed by atoms with Gasteiger partial charge in [-0.05, 0) is 59.7 Å². The second-order valence-corrected chi connectivity index (χ2v) is 6.58.